The fourth-order valence-electron chi connectivity index (χ4n) is 0. The third-order valence-corrected chi connectivity index (χ3v) is 0. The summed E-state index contributed by atoms with van der Waals surface area (Å²) in [6.07, 6.45) is 0. The summed E-state index contributed by atoms with van der Waals surface area (Å²) in [5, 5.41) is 0. The van der Waals surface area contributed by atoms with E-state index in [2.05, 4.69) is 0 Å². The van der Waals surface area contributed by atoms with E-state index in [0.29, 0.717) is 0 Å². The summed E-state index contributed by atoms with van der Waals surface area (Å²) in [5.74, 6) is 0. The van der Waals surface area contributed by atoms with Gasteiger partial charge in [-0.3, -0.25) is 0 Å². The van der Waals surface area contributed by atoms with Gasteiger partial charge >= 0.3 is 126 Å². The maximum Gasteiger partial charge on any atom is 3.00 e. The van der Waals surface area contributed by atoms with Crippen LogP contribution in [0.15, 0.2) is 0 Å². The molecular formula is Mn3O12Sm. The normalized spacial score (nSPS) is 10.7. The summed E-state index contributed by atoms with van der Waals surface area (Å²) in [4.78, 5) is 0. The molecule has 0 atom stereocenters. The molecule has 0 fully saturated rings. The summed E-state index contributed by atoms with van der Waals surface area (Å²) in [7, 11) is 0. The van der Waals surface area contributed by atoms with Crippen molar-refractivity contribution in [1.29, 1.82) is 0 Å². The molecule has 0 heterocycles. The molecule has 0 aromatic rings. The molecule has 0 aliphatic heterocycles. The van der Waals surface area contributed by atoms with Gasteiger partial charge in [0.1, 0.15) is 0 Å². The standard InChI is InChI=1S/3Mn.12O.Sm/q;;;;;;;;;;;;3*-1;+3. The summed E-state index contributed by atoms with van der Waals surface area (Å²) in [6.45, 7) is 0. The predicted molar refractivity (Wildman–Crippen MR) is 6.18 cm³/mol. The van der Waals surface area contributed by atoms with Gasteiger partial charge in [0, 0.05) is 0 Å². The van der Waals surface area contributed by atoms with E-state index in [1.807, 2.05) is 0 Å². The first-order valence-corrected chi connectivity index (χ1v) is 7.63. The first-order valence-electron chi connectivity index (χ1n) is 1.85. The Bertz CT molecular complexity index is 480. The van der Waals surface area contributed by atoms with Crippen LogP contribution in [0.25, 0.3) is 0 Å². The van der Waals surface area contributed by atoms with Crippen LogP contribution in [0.1, 0.15) is 0 Å². The van der Waals surface area contributed by atoms with E-state index in [-0.39, 0.29) is 40.4 Å². The zero-order valence-corrected chi connectivity index (χ0v) is 12.6. The number of hydrogen-bond donors (Lipinski definition) is 0. The van der Waals surface area contributed by atoms with Crippen LogP contribution < -0.4 is 12.6 Å². The summed E-state index contributed by atoms with van der Waals surface area (Å²) < 4.78 is 103. The van der Waals surface area contributed by atoms with Crippen molar-refractivity contribution in [1.82, 2.24) is 0 Å². The molecule has 0 amide bonds. The van der Waals surface area contributed by atoms with Crippen molar-refractivity contribution in [2.24, 2.45) is 0 Å². The molecule has 0 N–H and O–H groups in total. The Morgan fingerprint density at radius 1 is 0.438 bits per heavy atom. The smallest absolute Gasteiger partial charge is 3.00 e. The third kappa shape index (κ3) is 3070. The van der Waals surface area contributed by atoms with E-state index in [9.17, 15) is 0 Å². The van der Waals surface area contributed by atoms with Gasteiger partial charge in [-0.05, 0) is 0 Å². The average molecular weight is 507 g/mol. The molecule has 0 aliphatic carbocycles. The van der Waals surface area contributed by atoms with Gasteiger partial charge in [0.15, 0.2) is 0 Å². The molecule has 0 saturated heterocycles. The van der Waals surface area contributed by atoms with Gasteiger partial charge in [-0.1, -0.05) is 0 Å². The maximum atomic E-state index is 8.58. The van der Waals surface area contributed by atoms with Crippen LogP contribution in [-0.4, -0.2) is 0 Å². The van der Waals surface area contributed by atoms with Crippen molar-refractivity contribution >= 4 is 0 Å². The van der Waals surface area contributed by atoms with E-state index in [0.717, 1.165) is 0 Å². The van der Waals surface area contributed by atoms with E-state index < -0.39 is 38.9 Å². The molecule has 0 bridgehead atoms. The molecule has 0 aromatic heterocycles. The minimum Gasteiger partial charge on any atom is 3.00 e. The quantitative estimate of drug-likeness (QED) is 0.282. The van der Waals surface area contributed by atoms with Crippen LogP contribution in [0.5, 0.6) is 0 Å². The van der Waals surface area contributed by atoms with Gasteiger partial charge in [0.05, 0.1) is 0 Å². The van der Waals surface area contributed by atoms with Gasteiger partial charge < -0.3 is 0 Å². The topological polar surface area (TPSA) is 223 Å². The van der Waals surface area contributed by atoms with Crippen molar-refractivity contribution in [3.8, 4) is 0 Å². The minimum absolute atomic E-state index is 0. The number of rotatable bonds is 0. The van der Waals surface area contributed by atoms with E-state index in [1.165, 1.54) is 0 Å². The number of hydrogen-bond acceptors (Lipinski definition) is 12. The van der Waals surface area contributed by atoms with Crippen LogP contribution in [0, 0.1) is 40.4 Å². The second kappa shape index (κ2) is 9.95. The SMILES string of the molecule is [O]=[Mn](=[O])(=[O])[O-].[O]=[Mn](=[O])(=[O])[O-].[O]=[Mn](=[O])(=[O])[O-].[Sm+3]. The molecule has 16 heteroatoms. The molecule has 0 rings (SSSR count). The van der Waals surface area contributed by atoms with Gasteiger partial charge in [-0.15, -0.1) is 0 Å². The second-order valence-corrected chi connectivity index (χ2v) is 4.68. The molecule has 0 spiro atoms. The zero-order chi connectivity index (χ0) is 13.5. The Morgan fingerprint density at radius 3 is 0.438 bits per heavy atom. The zero-order valence-electron chi connectivity index (χ0n) is 6.44. The van der Waals surface area contributed by atoms with Crippen LogP contribution in [0.2, 0.25) is 0 Å². The van der Waals surface area contributed by atoms with Crippen molar-refractivity contribution in [3.63, 3.8) is 0 Å². The Kier molecular flexibility index (Phi) is 16.0. The molecule has 0 aromatic carbocycles. The molecule has 0 saturated carbocycles. The van der Waals surface area contributed by atoms with E-state index in [4.69, 9.17) is 47.1 Å². The van der Waals surface area contributed by atoms with E-state index in [1.54, 1.807) is 0 Å². The summed E-state index contributed by atoms with van der Waals surface area (Å²) in [6, 6.07) is 0. The fourth-order valence-corrected chi connectivity index (χ4v) is 0. The van der Waals surface area contributed by atoms with Crippen molar-refractivity contribution in [3.05, 3.63) is 0 Å². The predicted octanol–water partition coefficient (Wildman–Crippen LogP) is -4.64. The van der Waals surface area contributed by atoms with Crippen LogP contribution in [0.4, 0.5) is 0 Å². The molecule has 12 nitrogen and oxygen atoms in total. The van der Waals surface area contributed by atoms with Gasteiger partial charge in [-0.2, -0.15) is 0 Å². The molecule has 0 unspecified atom stereocenters. The molecular weight excluding hydrogens is 507 g/mol. The Hall–Kier alpha value is 0.976. The van der Waals surface area contributed by atoms with Crippen LogP contribution >= 0.6 is 0 Å². The average Bonchev–Trinajstić information content (AvgIpc) is 1.41. The molecule has 16 heavy (non-hydrogen) atoms. The Morgan fingerprint density at radius 2 is 0.438 bits per heavy atom. The molecule has 0 aliphatic rings. The van der Waals surface area contributed by atoms with Crippen LogP contribution in [0.3, 0.4) is 0 Å². The van der Waals surface area contributed by atoms with Crippen molar-refractivity contribution in [2.45, 2.75) is 0 Å². The largest absolute Gasteiger partial charge is 3.00 e. The second-order valence-electron chi connectivity index (χ2n) is 1.13. The third-order valence-electron chi connectivity index (χ3n) is 0. The van der Waals surface area contributed by atoms with Crippen LogP contribution in [-0.2, 0) is 73.4 Å². The van der Waals surface area contributed by atoms with Gasteiger partial charge in [-0.25, -0.2) is 0 Å². The van der Waals surface area contributed by atoms with Crippen molar-refractivity contribution < 1.29 is 126 Å². The Balaban J connectivity index is -0.0000000655. The monoisotopic (exact) mass is 509 g/mol. The minimum atomic E-state index is -5.62. The van der Waals surface area contributed by atoms with Gasteiger partial charge in [0.2, 0.25) is 0 Å². The maximum absolute atomic E-state index is 8.58. The molecule has 99 valence electrons. The van der Waals surface area contributed by atoms with E-state index >= 15 is 0 Å². The van der Waals surface area contributed by atoms with Crippen molar-refractivity contribution in [2.75, 3.05) is 0 Å². The summed E-state index contributed by atoms with van der Waals surface area (Å²) in [5.41, 5.74) is 0. The molecule has 1 radical (unpaired) electrons. The Labute approximate surface area is 125 Å². The first-order chi connectivity index (χ1) is 6.00. The fraction of sp³-hybridized carbons (Fsp3) is 0. The first kappa shape index (κ1) is 25.7. The summed E-state index contributed by atoms with van der Waals surface area (Å²) >= 11 is -16.9. The van der Waals surface area contributed by atoms with Gasteiger partial charge in [0.25, 0.3) is 0 Å².